The van der Waals surface area contributed by atoms with Gasteiger partial charge in [-0.1, -0.05) is 6.07 Å². The maximum Gasteiger partial charge on any atom is 0.241 e. The molecule has 1 heterocycles. The fourth-order valence-electron chi connectivity index (χ4n) is 1.63. The van der Waals surface area contributed by atoms with Crippen LogP contribution in [0.15, 0.2) is 48.8 Å². The number of benzene rings is 1. The van der Waals surface area contributed by atoms with Crippen molar-refractivity contribution in [3.05, 3.63) is 48.8 Å². The molecular formula is C14H17N3O. The van der Waals surface area contributed by atoms with E-state index in [4.69, 9.17) is 0 Å². The second-order valence-corrected chi connectivity index (χ2v) is 4.14. The molecule has 0 aliphatic heterocycles. The summed E-state index contributed by atoms with van der Waals surface area (Å²) < 4.78 is 2.00. The Balaban J connectivity index is 2.16. The van der Waals surface area contributed by atoms with Crippen LogP contribution in [0.25, 0.3) is 5.69 Å². The number of nitrogens with one attached hydrogen (secondary N) is 2. The van der Waals surface area contributed by atoms with Crippen molar-refractivity contribution in [1.29, 1.82) is 0 Å². The van der Waals surface area contributed by atoms with Crippen LogP contribution in [0, 0.1) is 0 Å². The molecule has 0 fully saturated rings. The molecule has 1 amide bonds. The number of aromatic nitrogens is 1. The Morgan fingerprint density at radius 1 is 1.22 bits per heavy atom. The Morgan fingerprint density at radius 3 is 2.61 bits per heavy atom. The molecule has 94 valence electrons. The molecule has 4 heteroatoms. The Hall–Kier alpha value is -2.07. The lowest BCUT2D eigenvalue weighted by atomic mass is 10.2. The van der Waals surface area contributed by atoms with Crippen molar-refractivity contribution in [3.63, 3.8) is 0 Å². The third kappa shape index (κ3) is 2.78. The minimum atomic E-state index is -0.208. The van der Waals surface area contributed by atoms with Crippen LogP contribution in [-0.2, 0) is 4.79 Å². The molecule has 2 rings (SSSR count). The molecule has 1 aromatic heterocycles. The average molecular weight is 243 g/mol. The monoisotopic (exact) mass is 243 g/mol. The van der Waals surface area contributed by atoms with E-state index in [1.54, 1.807) is 7.05 Å². The molecule has 1 atom stereocenters. The highest BCUT2D eigenvalue weighted by molar-refractivity contribution is 5.94. The van der Waals surface area contributed by atoms with Crippen molar-refractivity contribution in [2.75, 3.05) is 12.4 Å². The van der Waals surface area contributed by atoms with Crippen molar-refractivity contribution in [2.45, 2.75) is 13.0 Å². The van der Waals surface area contributed by atoms with Crippen LogP contribution in [0.4, 0.5) is 5.69 Å². The molecular weight excluding hydrogens is 226 g/mol. The third-order valence-corrected chi connectivity index (χ3v) is 2.84. The number of hydrogen-bond acceptors (Lipinski definition) is 2. The summed E-state index contributed by atoms with van der Waals surface area (Å²) in [5.41, 5.74) is 1.82. The second-order valence-electron chi connectivity index (χ2n) is 4.14. The van der Waals surface area contributed by atoms with Crippen molar-refractivity contribution in [2.24, 2.45) is 0 Å². The Bertz CT molecular complexity index is 520. The molecule has 0 radical (unpaired) electrons. The first-order valence-electron chi connectivity index (χ1n) is 5.92. The van der Waals surface area contributed by atoms with Gasteiger partial charge in [-0.05, 0) is 44.3 Å². The fraction of sp³-hybridized carbons (Fsp3) is 0.214. The first-order valence-corrected chi connectivity index (χ1v) is 5.92. The maximum atomic E-state index is 11.8. The van der Waals surface area contributed by atoms with Gasteiger partial charge in [0.15, 0.2) is 0 Å². The van der Waals surface area contributed by atoms with Crippen LogP contribution in [0.2, 0.25) is 0 Å². The van der Waals surface area contributed by atoms with Gasteiger partial charge in [0.25, 0.3) is 0 Å². The van der Waals surface area contributed by atoms with Gasteiger partial charge >= 0.3 is 0 Å². The number of amides is 1. The first kappa shape index (κ1) is 12.4. The van der Waals surface area contributed by atoms with E-state index < -0.39 is 0 Å². The maximum absolute atomic E-state index is 11.8. The molecule has 0 saturated carbocycles. The van der Waals surface area contributed by atoms with Gasteiger partial charge in [-0.2, -0.15) is 0 Å². The van der Waals surface area contributed by atoms with Crippen LogP contribution in [0.3, 0.4) is 0 Å². The first-order chi connectivity index (χ1) is 8.70. The zero-order valence-corrected chi connectivity index (χ0v) is 10.6. The standard InChI is InChI=1S/C14H17N3O/c1-11(15-2)14(18)16-12-6-5-7-13(10-12)17-8-3-4-9-17/h3-11,15H,1-2H3,(H,16,18). The van der Waals surface area contributed by atoms with Gasteiger partial charge in [0.05, 0.1) is 6.04 Å². The molecule has 2 aromatic rings. The van der Waals surface area contributed by atoms with Crippen LogP contribution in [-0.4, -0.2) is 23.6 Å². The van der Waals surface area contributed by atoms with Gasteiger partial charge < -0.3 is 15.2 Å². The molecule has 2 N–H and O–H groups in total. The zero-order valence-electron chi connectivity index (χ0n) is 10.6. The van der Waals surface area contributed by atoms with Gasteiger partial charge in [0, 0.05) is 23.8 Å². The van der Waals surface area contributed by atoms with Crippen LogP contribution in [0.1, 0.15) is 6.92 Å². The van der Waals surface area contributed by atoms with Gasteiger partial charge in [0.1, 0.15) is 0 Å². The van der Waals surface area contributed by atoms with Gasteiger partial charge in [0.2, 0.25) is 5.91 Å². The van der Waals surface area contributed by atoms with Crippen molar-refractivity contribution in [1.82, 2.24) is 9.88 Å². The van der Waals surface area contributed by atoms with E-state index in [0.29, 0.717) is 0 Å². The summed E-state index contributed by atoms with van der Waals surface area (Å²) in [5, 5.41) is 5.79. The van der Waals surface area contributed by atoms with E-state index in [1.165, 1.54) is 0 Å². The average Bonchev–Trinajstić information content (AvgIpc) is 2.92. The molecule has 0 bridgehead atoms. The topological polar surface area (TPSA) is 46.1 Å². The summed E-state index contributed by atoms with van der Waals surface area (Å²) in [6.07, 6.45) is 3.94. The SMILES string of the molecule is CNC(C)C(=O)Nc1cccc(-n2cccc2)c1. The van der Waals surface area contributed by atoms with Gasteiger partial charge in [-0.3, -0.25) is 4.79 Å². The number of carbonyl (C=O) groups excluding carboxylic acids is 1. The Kier molecular flexibility index (Phi) is 3.79. The van der Waals surface area contributed by atoms with E-state index in [1.807, 2.05) is 60.3 Å². The van der Waals surface area contributed by atoms with Crippen molar-refractivity contribution < 1.29 is 4.79 Å². The van der Waals surface area contributed by atoms with Crippen LogP contribution in [0.5, 0.6) is 0 Å². The molecule has 1 unspecified atom stereocenters. The van der Waals surface area contributed by atoms with Gasteiger partial charge in [-0.15, -0.1) is 0 Å². The highest BCUT2D eigenvalue weighted by Crippen LogP contribution is 2.15. The van der Waals surface area contributed by atoms with Crippen LogP contribution >= 0.6 is 0 Å². The molecule has 0 aliphatic rings. The molecule has 18 heavy (non-hydrogen) atoms. The van der Waals surface area contributed by atoms with Gasteiger partial charge in [-0.25, -0.2) is 0 Å². The smallest absolute Gasteiger partial charge is 0.241 e. The van der Waals surface area contributed by atoms with E-state index in [2.05, 4.69) is 10.6 Å². The molecule has 0 spiro atoms. The highest BCUT2D eigenvalue weighted by Gasteiger charge is 2.10. The lowest BCUT2D eigenvalue weighted by Crippen LogP contribution is -2.35. The molecule has 0 saturated heterocycles. The summed E-state index contributed by atoms with van der Waals surface area (Å²) in [5.74, 6) is -0.0397. The summed E-state index contributed by atoms with van der Waals surface area (Å²) in [6.45, 7) is 1.82. The number of likely N-dealkylation sites (N-methyl/N-ethyl adjacent to an activating group) is 1. The summed E-state index contributed by atoms with van der Waals surface area (Å²) >= 11 is 0. The Morgan fingerprint density at radius 2 is 1.94 bits per heavy atom. The number of hydrogen-bond donors (Lipinski definition) is 2. The number of carbonyl (C=O) groups is 1. The molecule has 0 aliphatic carbocycles. The fourth-order valence-corrected chi connectivity index (χ4v) is 1.63. The molecule has 4 nitrogen and oxygen atoms in total. The lowest BCUT2D eigenvalue weighted by molar-refractivity contribution is -0.117. The van der Waals surface area contributed by atoms with Crippen LogP contribution < -0.4 is 10.6 Å². The quantitative estimate of drug-likeness (QED) is 0.863. The number of nitrogens with zero attached hydrogens (tertiary/aromatic N) is 1. The summed E-state index contributed by atoms with van der Waals surface area (Å²) in [6, 6.07) is 11.5. The normalized spacial score (nSPS) is 12.1. The van der Waals surface area contributed by atoms with E-state index in [-0.39, 0.29) is 11.9 Å². The third-order valence-electron chi connectivity index (χ3n) is 2.84. The minimum Gasteiger partial charge on any atom is -0.325 e. The van der Waals surface area contributed by atoms with Crippen molar-refractivity contribution >= 4 is 11.6 Å². The second kappa shape index (κ2) is 5.51. The highest BCUT2D eigenvalue weighted by atomic mass is 16.2. The summed E-state index contributed by atoms with van der Waals surface area (Å²) in [4.78, 5) is 11.8. The predicted molar refractivity (Wildman–Crippen MR) is 72.9 cm³/mol. The van der Waals surface area contributed by atoms with E-state index >= 15 is 0 Å². The zero-order chi connectivity index (χ0) is 13.0. The van der Waals surface area contributed by atoms with Crippen molar-refractivity contribution in [3.8, 4) is 5.69 Å². The molecule has 1 aromatic carbocycles. The summed E-state index contributed by atoms with van der Waals surface area (Å²) in [7, 11) is 1.76. The van der Waals surface area contributed by atoms with E-state index in [0.717, 1.165) is 11.4 Å². The minimum absolute atomic E-state index is 0.0397. The Labute approximate surface area is 107 Å². The predicted octanol–water partition coefficient (Wildman–Crippen LogP) is 2.02. The largest absolute Gasteiger partial charge is 0.325 e. The lowest BCUT2D eigenvalue weighted by Gasteiger charge is -2.12. The van der Waals surface area contributed by atoms with E-state index in [9.17, 15) is 4.79 Å². The number of rotatable bonds is 4. The number of anilines is 1.